The van der Waals surface area contributed by atoms with Crippen molar-refractivity contribution in [3.63, 3.8) is 0 Å². The van der Waals surface area contributed by atoms with E-state index in [0.29, 0.717) is 19.0 Å². The molecule has 1 aromatic carbocycles. The Kier molecular flexibility index (Phi) is 4.86. The molecule has 2 amide bonds. The number of amides is 2. The standard InChI is InChI=1S/C19H23ClFN3O3/c1-11(25)22-7-13-14-8-24(10-19(14)5-4-17(13)27-19)9-18(26)23-16-3-2-12(20)6-15(16)21/h2-3,6,13-14,17H,4-5,7-10H2,1H3,(H,22,25)(H,23,26)/t13-,14+,17+,19+/m0/s1. The maximum Gasteiger partial charge on any atom is 0.238 e. The highest BCUT2D eigenvalue weighted by molar-refractivity contribution is 6.30. The summed E-state index contributed by atoms with van der Waals surface area (Å²) >= 11 is 5.74. The van der Waals surface area contributed by atoms with Crippen LogP contribution < -0.4 is 10.6 Å². The summed E-state index contributed by atoms with van der Waals surface area (Å²) in [4.78, 5) is 25.7. The van der Waals surface area contributed by atoms with E-state index < -0.39 is 5.82 Å². The van der Waals surface area contributed by atoms with Gasteiger partial charge in [-0.2, -0.15) is 0 Å². The normalized spacial score (nSPS) is 31.7. The predicted octanol–water partition coefficient (Wildman–Crippen LogP) is 2.03. The first-order valence-electron chi connectivity index (χ1n) is 9.26. The van der Waals surface area contributed by atoms with Gasteiger partial charge in [-0.3, -0.25) is 14.5 Å². The number of hydrogen-bond acceptors (Lipinski definition) is 4. The Balaban J connectivity index is 1.37. The van der Waals surface area contributed by atoms with Crippen molar-refractivity contribution in [2.24, 2.45) is 11.8 Å². The van der Waals surface area contributed by atoms with Crippen molar-refractivity contribution in [2.75, 3.05) is 31.5 Å². The zero-order valence-electron chi connectivity index (χ0n) is 15.1. The first-order valence-corrected chi connectivity index (χ1v) is 9.64. The quantitative estimate of drug-likeness (QED) is 0.800. The van der Waals surface area contributed by atoms with Gasteiger partial charge in [0.05, 0.1) is 23.9 Å². The number of nitrogens with zero attached hydrogens (tertiary/aromatic N) is 1. The summed E-state index contributed by atoms with van der Waals surface area (Å²) in [6, 6.07) is 4.18. The highest BCUT2D eigenvalue weighted by atomic mass is 35.5. The number of rotatable bonds is 5. The van der Waals surface area contributed by atoms with Crippen molar-refractivity contribution in [3.8, 4) is 0 Å². The summed E-state index contributed by atoms with van der Waals surface area (Å²) in [6.45, 7) is 3.76. The molecule has 0 radical (unpaired) electrons. The molecular weight excluding hydrogens is 373 g/mol. The van der Waals surface area contributed by atoms with Crippen molar-refractivity contribution in [1.29, 1.82) is 0 Å². The van der Waals surface area contributed by atoms with Gasteiger partial charge in [-0.15, -0.1) is 0 Å². The molecule has 0 aromatic heterocycles. The van der Waals surface area contributed by atoms with Crippen LogP contribution in [0.2, 0.25) is 5.02 Å². The van der Waals surface area contributed by atoms with Crippen molar-refractivity contribution in [1.82, 2.24) is 10.2 Å². The van der Waals surface area contributed by atoms with E-state index in [2.05, 4.69) is 15.5 Å². The smallest absolute Gasteiger partial charge is 0.238 e. The largest absolute Gasteiger partial charge is 0.370 e. The molecule has 3 fully saturated rings. The minimum atomic E-state index is -0.551. The lowest BCUT2D eigenvalue weighted by atomic mass is 9.73. The third-order valence-corrected chi connectivity index (χ3v) is 6.25. The van der Waals surface area contributed by atoms with E-state index in [9.17, 15) is 14.0 Å². The van der Waals surface area contributed by atoms with Crippen LogP contribution in [0.15, 0.2) is 18.2 Å². The molecule has 0 aliphatic carbocycles. The van der Waals surface area contributed by atoms with Gasteiger partial charge in [0, 0.05) is 43.4 Å². The van der Waals surface area contributed by atoms with Crippen LogP contribution in [0.25, 0.3) is 0 Å². The molecule has 27 heavy (non-hydrogen) atoms. The highest BCUT2D eigenvalue weighted by Crippen LogP contribution is 2.54. The van der Waals surface area contributed by atoms with Gasteiger partial charge >= 0.3 is 0 Å². The topological polar surface area (TPSA) is 70.7 Å². The average Bonchev–Trinajstić information content (AvgIpc) is 3.23. The molecule has 4 rings (SSSR count). The molecule has 3 aliphatic heterocycles. The van der Waals surface area contributed by atoms with Crippen molar-refractivity contribution in [2.45, 2.75) is 31.5 Å². The van der Waals surface area contributed by atoms with Gasteiger partial charge in [0.25, 0.3) is 0 Å². The van der Waals surface area contributed by atoms with Crippen LogP contribution in [0.1, 0.15) is 19.8 Å². The van der Waals surface area contributed by atoms with Crippen LogP contribution in [0, 0.1) is 17.7 Å². The van der Waals surface area contributed by atoms with Gasteiger partial charge in [-0.05, 0) is 31.0 Å². The molecule has 2 bridgehead atoms. The molecule has 0 unspecified atom stereocenters. The van der Waals surface area contributed by atoms with Crippen molar-refractivity contribution >= 4 is 29.1 Å². The van der Waals surface area contributed by atoms with E-state index in [4.69, 9.17) is 16.3 Å². The van der Waals surface area contributed by atoms with Gasteiger partial charge in [0.2, 0.25) is 11.8 Å². The Morgan fingerprint density at radius 2 is 2.26 bits per heavy atom. The SMILES string of the molecule is CC(=O)NC[C@H]1[C@H]2CN(CC(=O)Nc3ccc(Cl)cc3F)C[C@]23CC[C@H]1O3. The molecule has 0 saturated carbocycles. The van der Waals surface area contributed by atoms with Crippen LogP contribution in [0.5, 0.6) is 0 Å². The minimum absolute atomic E-state index is 0.0361. The van der Waals surface area contributed by atoms with Crippen molar-refractivity contribution in [3.05, 3.63) is 29.0 Å². The Hall–Kier alpha value is -1.70. The second kappa shape index (κ2) is 7.04. The van der Waals surface area contributed by atoms with Crippen LogP contribution in [0.3, 0.4) is 0 Å². The molecule has 3 heterocycles. The minimum Gasteiger partial charge on any atom is -0.370 e. The molecular formula is C19H23ClFN3O3. The first kappa shape index (κ1) is 18.7. The molecule has 1 spiro atoms. The fourth-order valence-corrected chi connectivity index (χ4v) is 5.08. The zero-order chi connectivity index (χ0) is 19.2. The number of ether oxygens (including phenoxy) is 1. The van der Waals surface area contributed by atoms with E-state index in [0.717, 1.165) is 19.4 Å². The van der Waals surface area contributed by atoms with Gasteiger partial charge in [0.1, 0.15) is 5.82 Å². The van der Waals surface area contributed by atoms with Crippen molar-refractivity contribution < 1.29 is 18.7 Å². The average molecular weight is 396 g/mol. The summed E-state index contributed by atoms with van der Waals surface area (Å²) in [5.74, 6) is -0.260. The highest BCUT2D eigenvalue weighted by Gasteiger charge is 2.62. The Bertz CT molecular complexity index is 777. The number of nitrogens with one attached hydrogen (secondary N) is 2. The molecule has 6 nitrogen and oxygen atoms in total. The molecule has 146 valence electrons. The molecule has 4 atom stereocenters. The number of anilines is 1. The molecule has 3 aliphatic rings. The molecule has 8 heteroatoms. The number of carbonyl (C=O) groups is 2. The number of carbonyl (C=O) groups excluding carboxylic acids is 2. The van der Waals surface area contributed by atoms with E-state index in [1.807, 2.05) is 0 Å². The van der Waals surface area contributed by atoms with E-state index >= 15 is 0 Å². The second-order valence-corrected chi connectivity index (χ2v) is 8.25. The molecule has 1 aromatic rings. The van der Waals surface area contributed by atoms with Crippen LogP contribution in [-0.2, 0) is 14.3 Å². The van der Waals surface area contributed by atoms with Crippen LogP contribution >= 0.6 is 11.6 Å². The van der Waals surface area contributed by atoms with Crippen LogP contribution in [0.4, 0.5) is 10.1 Å². The third kappa shape index (κ3) is 3.56. The van der Waals surface area contributed by atoms with Crippen LogP contribution in [-0.4, -0.2) is 54.6 Å². The maximum absolute atomic E-state index is 13.9. The number of fused-ring (bicyclic) bond motifs is 1. The summed E-state index contributed by atoms with van der Waals surface area (Å²) in [5, 5.41) is 5.81. The maximum atomic E-state index is 13.9. The summed E-state index contributed by atoms with van der Waals surface area (Å²) in [5.41, 5.74) is -0.0813. The third-order valence-electron chi connectivity index (χ3n) is 6.01. The lowest BCUT2D eigenvalue weighted by Gasteiger charge is -2.29. The van der Waals surface area contributed by atoms with E-state index in [1.54, 1.807) is 6.07 Å². The Morgan fingerprint density at radius 3 is 3.00 bits per heavy atom. The number of likely N-dealkylation sites (tertiary alicyclic amines) is 1. The lowest BCUT2D eigenvalue weighted by molar-refractivity contribution is -0.119. The predicted molar refractivity (Wildman–Crippen MR) is 99.0 cm³/mol. The van der Waals surface area contributed by atoms with Gasteiger partial charge < -0.3 is 15.4 Å². The van der Waals surface area contributed by atoms with Gasteiger partial charge in [-0.1, -0.05) is 11.6 Å². The fourth-order valence-electron chi connectivity index (χ4n) is 4.93. The summed E-state index contributed by atoms with van der Waals surface area (Å²) < 4.78 is 20.2. The monoisotopic (exact) mass is 395 g/mol. The molecule has 2 N–H and O–H groups in total. The summed E-state index contributed by atoms with van der Waals surface area (Å²) in [6.07, 6.45) is 2.18. The van der Waals surface area contributed by atoms with E-state index in [1.165, 1.54) is 19.1 Å². The number of halogens is 2. The molecule has 3 saturated heterocycles. The van der Waals surface area contributed by atoms with E-state index in [-0.39, 0.29) is 46.7 Å². The van der Waals surface area contributed by atoms with Gasteiger partial charge in [-0.25, -0.2) is 4.39 Å². The first-order chi connectivity index (χ1) is 12.9. The lowest BCUT2D eigenvalue weighted by Crippen LogP contribution is -2.41. The number of benzene rings is 1. The second-order valence-electron chi connectivity index (χ2n) is 7.81. The number of hydrogen-bond donors (Lipinski definition) is 2. The van der Waals surface area contributed by atoms with Gasteiger partial charge in [0.15, 0.2) is 0 Å². The Morgan fingerprint density at radius 1 is 1.44 bits per heavy atom. The fraction of sp³-hybridized carbons (Fsp3) is 0.579. The Labute approximate surface area is 162 Å². The zero-order valence-corrected chi connectivity index (χ0v) is 15.9. The summed E-state index contributed by atoms with van der Waals surface area (Å²) in [7, 11) is 0.